The van der Waals surface area contributed by atoms with Gasteiger partial charge in [-0.05, 0) is 41.5 Å². The predicted octanol–water partition coefficient (Wildman–Crippen LogP) is 3.76. The first-order chi connectivity index (χ1) is 9.10. The molecule has 0 radical (unpaired) electrons. The largest absolute Gasteiger partial charge is 0.497 e. The molecule has 0 heterocycles. The van der Waals surface area contributed by atoms with Gasteiger partial charge in [-0.15, -0.1) is 0 Å². The highest BCUT2D eigenvalue weighted by atomic mass is 35.5. The summed E-state index contributed by atoms with van der Waals surface area (Å²) in [5.74, 6) is 0.349. The number of ether oxygens (including phenoxy) is 1. The Balaban J connectivity index is 2.15. The van der Waals surface area contributed by atoms with Gasteiger partial charge in [0.05, 0.1) is 13.2 Å². The molecule has 0 amide bonds. The van der Waals surface area contributed by atoms with Crippen molar-refractivity contribution in [3.63, 3.8) is 0 Å². The standard InChI is InChI=1S/C15H14ClFO2/c1-19-13-5-2-10(3-6-13)15(18)9-11-8-12(16)4-7-14(11)17/h2-8,15,18H,9H2,1H3. The molecule has 0 aliphatic carbocycles. The van der Waals surface area contributed by atoms with Crippen LogP contribution in [0.4, 0.5) is 4.39 Å². The van der Waals surface area contributed by atoms with Gasteiger partial charge in [0.2, 0.25) is 0 Å². The molecule has 4 heteroatoms. The first kappa shape index (κ1) is 13.8. The number of aliphatic hydroxyl groups excluding tert-OH is 1. The van der Waals surface area contributed by atoms with E-state index in [0.717, 1.165) is 0 Å². The molecule has 2 aromatic carbocycles. The normalized spacial score (nSPS) is 12.2. The summed E-state index contributed by atoms with van der Waals surface area (Å²) in [5, 5.41) is 10.6. The summed E-state index contributed by atoms with van der Waals surface area (Å²) in [7, 11) is 1.58. The Kier molecular flexibility index (Phi) is 4.40. The number of methoxy groups -OCH3 is 1. The lowest BCUT2D eigenvalue weighted by atomic mass is 10.0. The molecule has 0 saturated heterocycles. The number of hydrogen-bond donors (Lipinski definition) is 1. The third-order valence-corrected chi connectivity index (χ3v) is 3.16. The molecule has 2 rings (SSSR count). The molecular weight excluding hydrogens is 267 g/mol. The van der Waals surface area contributed by atoms with Crippen molar-refractivity contribution in [1.29, 1.82) is 0 Å². The summed E-state index contributed by atoms with van der Waals surface area (Å²) in [6.07, 6.45) is -0.600. The Morgan fingerprint density at radius 2 is 1.89 bits per heavy atom. The minimum atomic E-state index is -0.779. The Hall–Kier alpha value is -1.58. The van der Waals surface area contributed by atoms with Crippen molar-refractivity contribution in [3.8, 4) is 5.75 Å². The van der Waals surface area contributed by atoms with Crippen LogP contribution in [0.25, 0.3) is 0 Å². The van der Waals surface area contributed by atoms with Crippen LogP contribution in [0.3, 0.4) is 0 Å². The first-order valence-electron chi connectivity index (χ1n) is 5.86. The zero-order valence-corrected chi connectivity index (χ0v) is 11.2. The summed E-state index contributed by atoms with van der Waals surface area (Å²) in [6, 6.07) is 11.3. The predicted molar refractivity (Wildman–Crippen MR) is 73.1 cm³/mol. The van der Waals surface area contributed by atoms with E-state index in [1.807, 2.05) is 0 Å². The van der Waals surface area contributed by atoms with Crippen molar-refractivity contribution < 1.29 is 14.2 Å². The van der Waals surface area contributed by atoms with Crippen LogP contribution in [0.15, 0.2) is 42.5 Å². The van der Waals surface area contributed by atoms with Gasteiger partial charge in [-0.3, -0.25) is 0 Å². The molecule has 0 aliphatic heterocycles. The molecule has 19 heavy (non-hydrogen) atoms. The van der Waals surface area contributed by atoms with E-state index < -0.39 is 6.10 Å². The van der Waals surface area contributed by atoms with Crippen molar-refractivity contribution in [3.05, 3.63) is 64.4 Å². The van der Waals surface area contributed by atoms with E-state index in [1.54, 1.807) is 31.4 Å². The van der Waals surface area contributed by atoms with Gasteiger partial charge in [-0.25, -0.2) is 4.39 Å². The lowest BCUT2D eigenvalue weighted by Crippen LogP contribution is -2.03. The highest BCUT2D eigenvalue weighted by Gasteiger charge is 2.12. The molecule has 0 spiro atoms. The maximum atomic E-state index is 13.6. The molecule has 2 aromatic rings. The smallest absolute Gasteiger partial charge is 0.126 e. The van der Waals surface area contributed by atoms with Gasteiger partial charge in [-0.2, -0.15) is 0 Å². The maximum absolute atomic E-state index is 13.6. The lowest BCUT2D eigenvalue weighted by Gasteiger charge is -2.12. The number of benzene rings is 2. The van der Waals surface area contributed by atoms with Crippen LogP contribution in [-0.4, -0.2) is 12.2 Å². The fourth-order valence-electron chi connectivity index (χ4n) is 1.85. The SMILES string of the molecule is COc1ccc(C(O)Cc2cc(Cl)ccc2F)cc1. The van der Waals surface area contributed by atoms with Crippen LogP contribution in [0.5, 0.6) is 5.75 Å². The zero-order valence-electron chi connectivity index (χ0n) is 10.4. The van der Waals surface area contributed by atoms with Gasteiger partial charge < -0.3 is 9.84 Å². The van der Waals surface area contributed by atoms with Gasteiger partial charge in [0.15, 0.2) is 0 Å². The average molecular weight is 281 g/mol. The quantitative estimate of drug-likeness (QED) is 0.924. The van der Waals surface area contributed by atoms with E-state index >= 15 is 0 Å². The van der Waals surface area contributed by atoms with E-state index in [0.29, 0.717) is 21.9 Å². The van der Waals surface area contributed by atoms with Gasteiger partial charge in [0.25, 0.3) is 0 Å². The topological polar surface area (TPSA) is 29.5 Å². The Morgan fingerprint density at radius 1 is 1.21 bits per heavy atom. The molecule has 0 saturated carbocycles. The molecule has 1 unspecified atom stereocenters. The maximum Gasteiger partial charge on any atom is 0.126 e. The zero-order chi connectivity index (χ0) is 13.8. The van der Waals surface area contributed by atoms with Gasteiger partial charge in [0, 0.05) is 11.4 Å². The van der Waals surface area contributed by atoms with Gasteiger partial charge in [0.1, 0.15) is 11.6 Å². The van der Waals surface area contributed by atoms with E-state index in [4.69, 9.17) is 16.3 Å². The summed E-state index contributed by atoms with van der Waals surface area (Å²) >= 11 is 5.82. The van der Waals surface area contributed by atoms with Crippen molar-refractivity contribution in [2.45, 2.75) is 12.5 Å². The van der Waals surface area contributed by atoms with E-state index in [2.05, 4.69) is 0 Å². The van der Waals surface area contributed by atoms with E-state index in [-0.39, 0.29) is 12.2 Å². The molecular formula is C15H14ClFO2. The van der Waals surface area contributed by atoms with E-state index in [1.165, 1.54) is 18.2 Å². The number of halogens is 2. The molecule has 1 N–H and O–H groups in total. The third-order valence-electron chi connectivity index (χ3n) is 2.92. The lowest BCUT2D eigenvalue weighted by molar-refractivity contribution is 0.177. The van der Waals surface area contributed by atoms with Crippen molar-refractivity contribution in [2.24, 2.45) is 0 Å². The summed E-state index contributed by atoms with van der Waals surface area (Å²) in [4.78, 5) is 0. The minimum absolute atomic E-state index is 0.179. The second-order valence-electron chi connectivity index (χ2n) is 4.23. The number of hydrogen-bond acceptors (Lipinski definition) is 2. The Bertz CT molecular complexity index is 555. The van der Waals surface area contributed by atoms with Gasteiger partial charge >= 0.3 is 0 Å². The minimum Gasteiger partial charge on any atom is -0.497 e. The highest BCUT2D eigenvalue weighted by Crippen LogP contribution is 2.24. The van der Waals surface area contributed by atoms with E-state index in [9.17, 15) is 9.50 Å². The van der Waals surface area contributed by atoms with Crippen LogP contribution >= 0.6 is 11.6 Å². The molecule has 0 bridgehead atoms. The summed E-state index contributed by atoms with van der Waals surface area (Å²) in [5.41, 5.74) is 1.11. The van der Waals surface area contributed by atoms with Crippen LogP contribution < -0.4 is 4.74 Å². The van der Waals surface area contributed by atoms with Crippen molar-refractivity contribution in [2.75, 3.05) is 7.11 Å². The third kappa shape index (κ3) is 3.46. The molecule has 0 aliphatic rings. The fraction of sp³-hybridized carbons (Fsp3) is 0.200. The monoisotopic (exact) mass is 280 g/mol. The van der Waals surface area contributed by atoms with Crippen LogP contribution in [0.1, 0.15) is 17.2 Å². The number of rotatable bonds is 4. The summed E-state index contributed by atoms with van der Waals surface area (Å²) in [6.45, 7) is 0. The Labute approximate surface area is 116 Å². The fourth-order valence-corrected chi connectivity index (χ4v) is 2.05. The van der Waals surface area contributed by atoms with Crippen LogP contribution in [-0.2, 0) is 6.42 Å². The Morgan fingerprint density at radius 3 is 2.53 bits per heavy atom. The number of aliphatic hydroxyl groups is 1. The second kappa shape index (κ2) is 6.04. The van der Waals surface area contributed by atoms with Crippen molar-refractivity contribution >= 4 is 11.6 Å². The second-order valence-corrected chi connectivity index (χ2v) is 4.67. The highest BCUT2D eigenvalue weighted by molar-refractivity contribution is 6.30. The molecule has 1 atom stereocenters. The first-order valence-corrected chi connectivity index (χ1v) is 6.24. The molecule has 0 fully saturated rings. The molecule has 100 valence electrons. The summed E-state index contributed by atoms with van der Waals surface area (Å²) < 4.78 is 18.6. The van der Waals surface area contributed by atoms with Gasteiger partial charge in [-0.1, -0.05) is 23.7 Å². The van der Waals surface area contributed by atoms with Crippen LogP contribution in [0.2, 0.25) is 5.02 Å². The average Bonchev–Trinajstić information content (AvgIpc) is 2.43. The molecule has 2 nitrogen and oxygen atoms in total. The molecule has 0 aromatic heterocycles. The van der Waals surface area contributed by atoms with Crippen molar-refractivity contribution in [1.82, 2.24) is 0 Å². The van der Waals surface area contributed by atoms with Crippen LogP contribution in [0, 0.1) is 5.82 Å².